The molecule has 0 aromatic carbocycles. The molecule has 1 aliphatic rings. The Hall–Kier alpha value is -0.850. The molecule has 2 atom stereocenters. The second-order valence-corrected chi connectivity index (χ2v) is 6.64. The van der Waals surface area contributed by atoms with Crippen molar-refractivity contribution in [2.45, 2.75) is 44.3 Å². The van der Waals surface area contributed by atoms with E-state index in [2.05, 4.69) is 17.0 Å². The van der Waals surface area contributed by atoms with Crippen LogP contribution in [0, 0.1) is 5.92 Å². The number of sulfonamides is 1. The molecule has 18 heavy (non-hydrogen) atoms. The maximum absolute atomic E-state index is 12.2. The van der Waals surface area contributed by atoms with Crippen LogP contribution in [0.5, 0.6) is 0 Å². The van der Waals surface area contributed by atoms with Gasteiger partial charge in [-0.2, -0.15) is 0 Å². The molecule has 2 unspecified atom stereocenters. The van der Waals surface area contributed by atoms with E-state index in [0.717, 1.165) is 18.7 Å². The molecule has 1 fully saturated rings. The molecule has 0 saturated heterocycles. The molecule has 1 aromatic heterocycles. The zero-order valence-electron chi connectivity index (χ0n) is 11.1. The van der Waals surface area contributed by atoms with Crippen molar-refractivity contribution in [2.24, 2.45) is 5.92 Å². The van der Waals surface area contributed by atoms with Crippen molar-refractivity contribution >= 4 is 10.0 Å². The van der Waals surface area contributed by atoms with E-state index in [-0.39, 0.29) is 6.04 Å². The topological polar surface area (TPSA) is 63.1 Å². The number of aryl methyl sites for hydroxylation is 1. The number of rotatable bonds is 6. The maximum atomic E-state index is 12.2. The van der Waals surface area contributed by atoms with E-state index in [1.54, 1.807) is 12.3 Å². The zero-order valence-corrected chi connectivity index (χ0v) is 11.9. The largest absolute Gasteiger partial charge is 0.349 e. The third-order valence-electron chi connectivity index (χ3n) is 3.39. The summed E-state index contributed by atoms with van der Waals surface area (Å²) in [6, 6.07) is 1.86. The zero-order chi connectivity index (χ0) is 13.3. The molecule has 2 N–H and O–H groups in total. The molecule has 1 saturated carbocycles. The highest BCUT2D eigenvalue weighted by Crippen LogP contribution is 2.30. The number of aromatic nitrogens is 1. The van der Waals surface area contributed by atoms with E-state index < -0.39 is 10.0 Å². The molecule has 2 rings (SSSR count). The second-order valence-electron chi connectivity index (χ2n) is 4.92. The lowest BCUT2D eigenvalue weighted by atomic mass is 10.4. The number of nitrogens with zero attached hydrogens (tertiary/aromatic N) is 1. The van der Waals surface area contributed by atoms with Gasteiger partial charge in [0.2, 0.25) is 10.0 Å². The van der Waals surface area contributed by atoms with Gasteiger partial charge in [-0.3, -0.25) is 0 Å². The van der Waals surface area contributed by atoms with Crippen LogP contribution in [-0.4, -0.2) is 26.1 Å². The first-order valence-electron chi connectivity index (χ1n) is 6.34. The van der Waals surface area contributed by atoms with Crippen LogP contribution >= 0.6 is 0 Å². The van der Waals surface area contributed by atoms with E-state index in [9.17, 15) is 8.42 Å². The average Bonchev–Trinajstić information content (AvgIpc) is 2.82. The van der Waals surface area contributed by atoms with Crippen LogP contribution in [-0.2, 0) is 23.1 Å². The van der Waals surface area contributed by atoms with E-state index in [1.165, 1.54) is 0 Å². The van der Waals surface area contributed by atoms with Gasteiger partial charge in [0.15, 0.2) is 0 Å². The first-order valence-corrected chi connectivity index (χ1v) is 7.82. The Morgan fingerprint density at radius 1 is 1.50 bits per heavy atom. The lowest BCUT2D eigenvalue weighted by Gasteiger charge is -2.04. The van der Waals surface area contributed by atoms with Gasteiger partial charge in [0.25, 0.3) is 0 Å². The van der Waals surface area contributed by atoms with Crippen molar-refractivity contribution in [2.75, 3.05) is 7.05 Å². The molecule has 6 heteroatoms. The smallest absolute Gasteiger partial charge is 0.242 e. The Morgan fingerprint density at radius 2 is 2.17 bits per heavy atom. The fourth-order valence-corrected chi connectivity index (χ4v) is 3.47. The predicted molar refractivity (Wildman–Crippen MR) is 70.8 cm³/mol. The van der Waals surface area contributed by atoms with E-state index in [4.69, 9.17) is 0 Å². The molecule has 1 aromatic rings. The van der Waals surface area contributed by atoms with Crippen molar-refractivity contribution in [3.63, 3.8) is 0 Å². The minimum atomic E-state index is -3.36. The summed E-state index contributed by atoms with van der Waals surface area (Å²) in [6.45, 7) is 5.50. The van der Waals surface area contributed by atoms with Crippen molar-refractivity contribution in [3.05, 3.63) is 18.0 Å². The van der Waals surface area contributed by atoms with Crippen LogP contribution in [0.3, 0.4) is 0 Å². The van der Waals surface area contributed by atoms with Gasteiger partial charge in [-0.25, -0.2) is 13.1 Å². The number of nitrogens with one attached hydrogen (secondary N) is 2. The highest BCUT2D eigenvalue weighted by molar-refractivity contribution is 7.89. The molecule has 1 heterocycles. The molecule has 0 spiro atoms. The second kappa shape index (κ2) is 5.03. The van der Waals surface area contributed by atoms with Crippen molar-refractivity contribution in [1.82, 2.24) is 14.6 Å². The normalized spacial score (nSPS) is 23.3. The van der Waals surface area contributed by atoms with Gasteiger partial charge in [-0.1, -0.05) is 6.92 Å². The standard InChI is InChI=1S/C12H21N3O2S/c1-4-15-8-11(6-10(15)7-13-3)18(16,17)14-12-5-9(12)2/h6,8-9,12-14H,4-5,7H2,1-3H3. The molecule has 0 aliphatic heterocycles. The summed E-state index contributed by atoms with van der Waals surface area (Å²) in [7, 11) is -1.51. The molecule has 1 aliphatic carbocycles. The van der Waals surface area contributed by atoms with Crippen LogP contribution in [0.15, 0.2) is 17.2 Å². The number of hydrogen-bond acceptors (Lipinski definition) is 3. The van der Waals surface area contributed by atoms with Crippen LogP contribution in [0.2, 0.25) is 0 Å². The lowest BCUT2D eigenvalue weighted by Crippen LogP contribution is -2.26. The van der Waals surface area contributed by atoms with Crippen molar-refractivity contribution in [1.29, 1.82) is 0 Å². The quantitative estimate of drug-likeness (QED) is 0.808. The van der Waals surface area contributed by atoms with Gasteiger partial charge in [0.1, 0.15) is 0 Å². The third kappa shape index (κ3) is 2.76. The van der Waals surface area contributed by atoms with Crippen LogP contribution in [0.4, 0.5) is 0 Å². The van der Waals surface area contributed by atoms with Crippen LogP contribution < -0.4 is 10.0 Å². The summed E-state index contributed by atoms with van der Waals surface area (Å²) < 4.78 is 29.0. The summed E-state index contributed by atoms with van der Waals surface area (Å²) in [6.07, 6.45) is 2.65. The van der Waals surface area contributed by atoms with Crippen LogP contribution in [0.25, 0.3) is 0 Å². The molecule has 102 valence electrons. The third-order valence-corrected chi connectivity index (χ3v) is 4.84. The lowest BCUT2D eigenvalue weighted by molar-refractivity contribution is 0.578. The highest BCUT2D eigenvalue weighted by Gasteiger charge is 2.36. The van der Waals surface area contributed by atoms with Gasteiger partial charge in [0.05, 0.1) is 4.90 Å². The summed E-state index contributed by atoms with van der Waals surface area (Å²) in [5.74, 6) is 0.463. The minimum Gasteiger partial charge on any atom is -0.349 e. The van der Waals surface area contributed by atoms with Gasteiger partial charge in [-0.05, 0) is 32.4 Å². The molecular formula is C12H21N3O2S. The van der Waals surface area contributed by atoms with Gasteiger partial charge >= 0.3 is 0 Å². The van der Waals surface area contributed by atoms with Crippen LogP contribution in [0.1, 0.15) is 26.0 Å². The Bertz CT molecular complexity index is 521. The molecule has 0 amide bonds. The van der Waals surface area contributed by atoms with Crippen molar-refractivity contribution < 1.29 is 8.42 Å². The Balaban J connectivity index is 2.21. The highest BCUT2D eigenvalue weighted by atomic mass is 32.2. The summed E-state index contributed by atoms with van der Waals surface area (Å²) in [4.78, 5) is 0.369. The summed E-state index contributed by atoms with van der Waals surface area (Å²) in [5, 5.41) is 3.05. The number of hydrogen-bond donors (Lipinski definition) is 2. The predicted octanol–water partition coefficient (Wildman–Crippen LogP) is 0.914. The van der Waals surface area contributed by atoms with E-state index in [0.29, 0.717) is 17.4 Å². The van der Waals surface area contributed by atoms with Gasteiger partial charge < -0.3 is 9.88 Å². The van der Waals surface area contributed by atoms with E-state index in [1.807, 2.05) is 18.5 Å². The molecule has 5 nitrogen and oxygen atoms in total. The molecule has 0 radical (unpaired) electrons. The van der Waals surface area contributed by atoms with E-state index >= 15 is 0 Å². The summed E-state index contributed by atoms with van der Waals surface area (Å²) in [5.41, 5.74) is 0.990. The van der Waals surface area contributed by atoms with Gasteiger partial charge in [0, 0.05) is 31.0 Å². The first-order chi connectivity index (χ1) is 8.47. The monoisotopic (exact) mass is 271 g/mol. The average molecular weight is 271 g/mol. The fourth-order valence-electron chi connectivity index (χ4n) is 2.05. The Labute approximate surface area is 109 Å². The van der Waals surface area contributed by atoms with Crippen molar-refractivity contribution in [3.8, 4) is 0 Å². The fraction of sp³-hybridized carbons (Fsp3) is 0.667. The Morgan fingerprint density at radius 3 is 2.67 bits per heavy atom. The minimum absolute atomic E-state index is 0.118. The molecule has 0 bridgehead atoms. The summed E-state index contributed by atoms with van der Waals surface area (Å²) >= 11 is 0. The van der Waals surface area contributed by atoms with Gasteiger partial charge in [-0.15, -0.1) is 0 Å². The molecular weight excluding hydrogens is 250 g/mol. The maximum Gasteiger partial charge on any atom is 0.242 e. The Kier molecular flexibility index (Phi) is 3.79. The SMILES string of the molecule is CCn1cc(S(=O)(=O)NC2CC2C)cc1CNC. The first kappa shape index (κ1) is 13.6.